The highest BCUT2D eigenvalue weighted by Gasteiger charge is 2.20. The molecule has 0 aromatic heterocycles. The molecule has 3 N–H and O–H groups in total. The lowest BCUT2D eigenvalue weighted by Crippen LogP contribution is -2.45. The summed E-state index contributed by atoms with van der Waals surface area (Å²) < 4.78 is 5.49. The number of carbonyl (C=O) groups excluding carboxylic acids is 2. The van der Waals surface area contributed by atoms with Gasteiger partial charge in [0, 0.05) is 12.8 Å². The predicted molar refractivity (Wildman–Crippen MR) is 324 cm³/mol. The van der Waals surface area contributed by atoms with Gasteiger partial charge >= 0.3 is 5.97 Å². The Hall–Kier alpha value is -1.40. The Balaban J connectivity index is 3.30. The molecule has 0 bridgehead atoms. The second-order valence-electron chi connectivity index (χ2n) is 23.5. The quantitative estimate of drug-likeness (QED) is 0.0320. The minimum Gasteiger partial charge on any atom is -0.466 e. The summed E-state index contributed by atoms with van der Waals surface area (Å²) >= 11 is 0. The third-order valence-electron chi connectivity index (χ3n) is 16.1. The number of hydrogen-bond donors (Lipinski definition) is 3. The smallest absolute Gasteiger partial charge is 0.305 e. The number of esters is 1. The first-order chi connectivity index (χ1) is 36.5. The fourth-order valence-corrected chi connectivity index (χ4v) is 10.9. The molecule has 1 amide bonds. The fourth-order valence-electron chi connectivity index (χ4n) is 10.9. The molecule has 440 valence electrons. The van der Waals surface area contributed by atoms with Crippen LogP contribution >= 0.6 is 0 Å². The Bertz CT molecular complexity index is 1110. The zero-order valence-corrected chi connectivity index (χ0v) is 50.4. The number of unbranched alkanes of at least 4 members (excludes halogenated alkanes) is 51. The van der Waals surface area contributed by atoms with E-state index in [4.69, 9.17) is 4.74 Å². The maximum atomic E-state index is 12.5. The molecule has 74 heavy (non-hydrogen) atoms. The van der Waals surface area contributed by atoms with Crippen molar-refractivity contribution in [2.75, 3.05) is 13.2 Å². The molecule has 2 unspecified atom stereocenters. The average molecular weight is 1040 g/mol. The van der Waals surface area contributed by atoms with Crippen LogP contribution in [0.4, 0.5) is 0 Å². The number of amides is 1. The van der Waals surface area contributed by atoms with Crippen LogP contribution in [0.1, 0.15) is 386 Å². The molecular weight excluding hydrogens is 911 g/mol. The number of aliphatic hydroxyl groups excluding tert-OH is 2. The van der Waals surface area contributed by atoms with E-state index in [2.05, 4.69) is 31.3 Å². The van der Waals surface area contributed by atoms with Crippen LogP contribution in [-0.4, -0.2) is 47.4 Å². The molecule has 0 aromatic rings. The van der Waals surface area contributed by atoms with Crippen LogP contribution in [-0.2, 0) is 14.3 Å². The molecule has 6 heteroatoms. The molecule has 0 fully saturated rings. The minimum absolute atomic E-state index is 0.0129. The topological polar surface area (TPSA) is 95.9 Å². The highest BCUT2D eigenvalue weighted by atomic mass is 16.5. The summed E-state index contributed by atoms with van der Waals surface area (Å²) in [4.78, 5) is 24.5. The van der Waals surface area contributed by atoms with Crippen molar-refractivity contribution in [3.63, 3.8) is 0 Å². The van der Waals surface area contributed by atoms with E-state index < -0.39 is 12.1 Å². The molecule has 6 nitrogen and oxygen atoms in total. The standard InChI is InChI=1S/C68H133NO5/c1-3-5-7-9-11-13-15-17-34-38-42-46-50-54-58-62-68(73)74-63-59-55-51-47-43-39-36-33-31-29-27-25-23-21-19-18-20-22-24-26-28-30-32-35-37-41-45-49-53-57-61-67(72)69-65(64-70)66(71)60-56-52-48-44-40-16-14-12-10-8-6-4-2/h17,34,65-66,70-71H,3-16,18-33,35-64H2,1-2H3,(H,69,72)/b34-17-. The average Bonchev–Trinajstić information content (AvgIpc) is 3.40. The summed E-state index contributed by atoms with van der Waals surface area (Å²) in [5.41, 5.74) is 0. The second-order valence-corrected chi connectivity index (χ2v) is 23.5. The van der Waals surface area contributed by atoms with Crippen molar-refractivity contribution in [3.05, 3.63) is 12.2 Å². The summed E-state index contributed by atoms with van der Waals surface area (Å²) in [5, 5.41) is 23.2. The zero-order chi connectivity index (χ0) is 53.6. The van der Waals surface area contributed by atoms with E-state index in [1.54, 1.807) is 0 Å². The number of aliphatic hydroxyl groups is 2. The van der Waals surface area contributed by atoms with Gasteiger partial charge in [0.2, 0.25) is 5.91 Å². The molecule has 0 spiro atoms. The number of rotatable bonds is 64. The highest BCUT2D eigenvalue weighted by molar-refractivity contribution is 5.76. The van der Waals surface area contributed by atoms with Gasteiger partial charge in [-0.05, 0) is 51.4 Å². The molecule has 0 heterocycles. The first-order valence-electron chi connectivity index (χ1n) is 33.9. The number of allylic oxidation sites excluding steroid dienone is 2. The van der Waals surface area contributed by atoms with Gasteiger partial charge in [0.15, 0.2) is 0 Å². The van der Waals surface area contributed by atoms with Crippen LogP contribution in [0.5, 0.6) is 0 Å². The van der Waals surface area contributed by atoms with Gasteiger partial charge in [-0.25, -0.2) is 0 Å². The van der Waals surface area contributed by atoms with Gasteiger partial charge in [0.25, 0.3) is 0 Å². The molecule has 0 aromatic carbocycles. The first kappa shape index (κ1) is 72.6. The normalized spacial score (nSPS) is 12.5. The Morgan fingerprint density at radius 3 is 0.959 bits per heavy atom. The van der Waals surface area contributed by atoms with Gasteiger partial charge < -0.3 is 20.3 Å². The summed E-state index contributed by atoms with van der Waals surface area (Å²) in [6.07, 6.45) is 78.3. The van der Waals surface area contributed by atoms with E-state index in [-0.39, 0.29) is 18.5 Å². The van der Waals surface area contributed by atoms with E-state index in [9.17, 15) is 19.8 Å². The second kappa shape index (κ2) is 64.1. The molecule has 0 aliphatic rings. The number of ether oxygens (including phenoxy) is 1. The molecule has 0 rings (SSSR count). The van der Waals surface area contributed by atoms with Crippen molar-refractivity contribution < 1.29 is 24.5 Å². The Kier molecular flexibility index (Phi) is 62.9. The van der Waals surface area contributed by atoms with Gasteiger partial charge in [-0.15, -0.1) is 0 Å². The van der Waals surface area contributed by atoms with Crippen molar-refractivity contribution in [1.82, 2.24) is 5.32 Å². The highest BCUT2D eigenvalue weighted by Crippen LogP contribution is 2.19. The molecule has 0 saturated carbocycles. The number of nitrogens with one attached hydrogen (secondary N) is 1. The van der Waals surface area contributed by atoms with Crippen molar-refractivity contribution >= 4 is 11.9 Å². The van der Waals surface area contributed by atoms with Crippen molar-refractivity contribution in [3.8, 4) is 0 Å². The molecular formula is C68H133NO5. The monoisotopic (exact) mass is 1040 g/mol. The summed E-state index contributed by atoms with van der Waals surface area (Å²) in [6.45, 7) is 4.97. The van der Waals surface area contributed by atoms with E-state index in [1.165, 1.54) is 308 Å². The number of carbonyl (C=O) groups is 2. The van der Waals surface area contributed by atoms with Crippen molar-refractivity contribution in [1.29, 1.82) is 0 Å². The van der Waals surface area contributed by atoms with Crippen LogP contribution in [0, 0.1) is 0 Å². The minimum atomic E-state index is -0.659. The van der Waals surface area contributed by atoms with Gasteiger partial charge in [-0.3, -0.25) is 9.59 Å². The molecule has 0 radical (unpaired) electrons. The van der Waals surface area contributed by atoms with Gasteiger partial charge in [0.05, 0.1) is 25.4 Å². The Labute approximate surface area is 463 Å². The van der Waals surface area contributed by atoms with Crippen LogP contribution in [0.25, 0.3) is 0 Å². The lowest BCUT2D eigenvalue weighted by atomic mass is 10.0. The number of hydrogen-bond acceptors (Lipinski definition) is 5. The maximum absolute atomic E-state index is 12.5. The largest absolute Gasteiger partial charge is 0.466 e. The molecule has 2 atom stereocenters. The molecule has 0 aliphatic carbocycles. The third-order valence-corrected chi connectivity index (χ3v) is 16.1. The third kappa shape index (κ3) is 59.8. The van der Waals surface area contributed by atoms with Crippen LogP contribution < -0.4 is 5.32 Å². The van der Waals surface area contributed by atoms with Gasteiger partial charge in [-0.1, -0.05) is 334 Å². The fraction of sp³-hybridized carbons (Fsp3) is 0.941. The Morgan fingerprint density at radius 2 is 0.635 bits per heavy atom. The van der Waals surface area contributed by atoms with Crippen molar-refractivity contribution in [2.24, 2.45) is 0 Å². The summed E-state index contributed by atoms with van der Waals surface area (Å²) in [7, 11) is 0. The Morgan fingerprint density at radius 1 is 0.365 bits per heavy atom. The van der Waals surface area contributed by atoms with Crippen LogP contribution in [0.3, 0.4) is 0 Å². The summed E-state index contributed by atoms with van der Waals surface area (Å²) in [6, 6.07) is -0.536. The summed E-state index contributed by atoms with van der Waals surface area (Å²) in [5.74, 6) is -0.0166. The van der Waals surface area contributed by atoms with Crippen LogP contribution in [0.15, 0.2) is 12.2 Å². The van der Waals surface area contributed by atoms with E-state index in [0.717, 1.165) is 44.9 Å². The zero-order valence-electron chi connectivity index (χ0n) is 50.4. The van der Waals surface area contributed by atoms with E-state index in [1.807, 2.05) is 0 Å². The molecule has 0 aliphatic heterocycles. The lowest BCUT2D eigenvalue weighted by molar-refractivity contribution is -0.143. The predicted octanol–water partition coefficient (Wildman–Crippen LogP) is 21.6. The van der Waals surface area contributed by atoms with Gasteiger partial charge in [-0.2, -0.15) is 0 Å². The van der Waals surface area contributed by atoms with Crippen molar-refractivity contribution in [2.45, 2.75) is 398 Å². The maximum Gasteiger partial charge on any atom is 0.305 e. The van der Waals surface area contributed by atoms with E-state index in [0.29, 0.717) is 25.9 Å². The van der Waals surface area contributed by atoms with E-state index >= 15 is 0 Å². The SMILES string of the molecule is CCCCCCCC/C=C\CCCCCCCC(=O)OCCCCCCCCCCCCCCCCCCCCCCCCCCCCCCCCC(=O)NC(CO)C(O)CCCCCCCCCCCCCC. The van der Waals surface area contributed by atoms with Gasteiger partial charge in [0.1, 0.15) is 0 Å². The molecule has 0 saturated heterocycles. The first-order valence-corrected chi connectivity index (χ1v) is 33.9. The van der Waals surface area contributed by atoms with Crippen LogP contribution in [0.2, 0.25) is 0 Å². The lowest BCUT2D eigenvalue weighted by Gasteiger charge is -2.22.